The largest absolute Gasteiger partial charge is 0.419 e. The van der Waals surface area contributed by atoms with Crippen LogP contribution in [0.15, 0.2) is 58.7 Å². The van der Waals surface area contributed by atoms with Gasteiger partial charge in [-0.2, -0.15) is 13.2 Å². The molecule has 164 valence electrons. The normalized spacial score (nSPS) is 12.7. The van der Waals surface area contributed by atoms with E-state index < -0.39 is 31.4 Å². The van der Waals surface area contributed by atoms with Gasteiger partial charge in [0.15, 0.2) is 30.5 Å². The number of rotatable bonds is 5. The Labute approximate surface area is 176 Å². The van der Waals surface area contributed by atoms with Gasteiger partial charge in [0.05, 0.1) is 16.2 Å². The smallest absolute Gasteiger partial charge is 0.244 e. The van der Waals surface area contributed by atoms with Crippen LogP contribution in [0.4, 0.5) is 13.2 Å². The summed E-state index contributed by atoms with van der Waals surface area (Å²) in [5.74, 6) is -0.0742. The Morgan fingerprint density at radius 2 is 1.61 bits per heavy atom. The molecule has 0 aliphatic rings. The number of sulfone groups is 2. The monoisotopic (exact) mass is 471 g/mol. The summed E-state index contributed by atoms with van der Waals surface area (Å²) in [7, 11) is -7.08. The molecule has 0 spiro atoms. The van der Waals surface area contributed by atoms with Crippen LogP contribution in [-0.4, -0.2) is 44.3 Å². The van der Waals surface area contributed by atoms with Gasteiger partial charge in [0.2, 0.25) is 0 Å². The molecule has 0 N–H and O–H groups in total. The zero-order valence-corrected chi connectivity index (χ0v) is 17.9. The van der Waals surface area contributed by atoms with E-state index in [0.29, 0.717) is 11.8 Å². The highest BCUT2D eigenvalue weighted by atomic mass is 32.2. The Morgan fingerprint density at radius 3 is 2.16 bits per heavy atom. The van der Waals surface area contributed by atoms with Gasteiger partial charge in [-0.15, -0.1) is 0 Å². The summed E-state index contributed by atoms with van der Waals surface area (Å²) < 4.78 is 87.0. The van der Waals surface area contributed by atoms with Crippen molar-refractivity contribution in [2.24, 2.45) is 0 Å². The van der Waals surface area contributed by atoms with Crippen LogP contribution < -0.4 is 0 Å². The van der Waals surface area contributed by atoms with Gasteiger partial charge < -0.3 is 0 Å². The van der Waals surface area contributed by atoms with Crippen molar-refractivity contribution in [2.45, 2.75) is 22.5 Å². The maximum atomic E-state index is 13.5. The second kappa shape index (κ2) is 8.00. The number of halogens is 3. The summed E-state index contributed by atoms with van der Waals surface area (Å²) in [6, 6.07) is 8.14. The van der Waals surface area contributed by atoms with E-state index in [1.54, 1.807) is 0 Å². The third-order valence-electron chi connectivity index (χ3n) is 4.25. The van der Waals surface area contributed by atoms with Crippen LogP contribution in [0.2, 0.25) is 0 Å². The quantitative estimate of drug-likeness (QED) is 0.563. The first-order chi connectivity index (χ1) is 14.2. The minimum absolute atomic E-state index is 0.0200. The highest BCUT2D eigenvalue weighted by Gasteiger charge is 2.35. The van der Waals surface area contributed by atoms with Gasteiger partial charge in [0, 0.05) is 36.9 Å². The lowest BCUT2D eigenvalue weighted by Crippen LogP contribution is -2.13. The predicted octanol–water partition coefficient (Wildman–Crippen LogP) is 2.96. The molecular formula is C19H16F3N3O4S2. The Bertz CT molecular complexity index is 1340. The summed E-state index contributed by atoms with van der Waals surface area (Å²) in [6.45, 7) is 0. The molecule has 0 radical (unpaired) electrons. The molecule has 0 unspecified atom stereocenters. The third-order valence-corrected chi connectivity index (χ3v) is 6.36. The van der Waals surface area contributed by atoms with Crippen LogP contribution >= 0.6 is 0 Å². The van der Waals surface area contributed by atoms with Gasteiger partial charge in [0.25, 0.3) is 0 Å². The SMILES string of the molecule is CS(=O)(=O)c1cccc(Cc2nc(-c3ccc(S(C)(=O)=O)nc3)ncc2C(F)(F)F)c1. The van der Waals surface area contributed by atoms with E-state index in [2.05, 4.69) is 15.0 Å². The molecular weight excluding hydrogens is 455 g/mol. The number of nitrogens with zero attached hydrogens (tertiary/aromatic N) is 3. The average Bonchev–Trinajstić information content (AvgIpc) is 2.66. The Morgan fingerprint density at radius 1 is 0.903 bits per heavy atom. The van der Waals surface area contributed by atoms with Gasteiger partial charge in [0.1, 0.15) is 0 Å². The lowest BCUT2D eigenvalue weighted by atomic mass is 10.1. The maximum Gasteiger partial charge on any atom is 0.419 e. The van der Waals surface area contributed by atoms with Crippen molar-refractivity contribution in [1.29, 1.82) is 0 Å². The lowest BCUT2D eigenvalue weighted by Gasteiger charge is -2.13. The first-order valence-electron chi connectivity index (χ1n) is 8.64. The molecule has 3 rings (SSSR count). The molecule has 0 bridgehead atoms. The number of alkyl halides is 3. The summed E-state index contributed by atoms with van der Waals surface area (Å²) in [4.78, 5) is 11.5. The van der Waals surface area contributed by atoms with Crippen molar-refractivity contribution >= 4 is 19.7 Å². The number of hydrogen-bond acceptors (Lipinski definition) is 7. The molecule has 3 aromatic rings. The molecule has 1 aromatic carbocycles. The first-order valence-corrected chi connectivity index (χ1v) is 12.4. The fraction of sp³-hybridized carbons (Fsp3) is 0.211. The van der Waals surface area contributed by atoms with E-state index in [9.17, 15) is 30.0 Å². The van der Waals surface area contributed by atoms with Crippen LogP contribution in [0.5, 0.6) is 0 Å². The van der Waals surface area contributed by atoms with Crippen molar-refractivity contribution < 1.29 is 30.0 Å². The minimum Gasteiger partial charge on any atom is -0.244 e. The third kappa shape index (κ3) is 5.44. The Hall–Kier alpha value is -2.86. The highest BCUT2D eigenvalue weighted by Crippen LogP contribution is 2.33. The van der Waals surface area contributed by atoms with E-state index in [4.69, 9.17) is 0 Å². The van der Waals surface area contributed by atoms with Gasteiger partial charge in [-0.1, -0.05) is 12.1 Å². The highest BCUT2D eigenvalue weighted by molar-refractivity contribution is 7.91. The standard InChI is InChI=1S/C19H16F3N3O4S2/c1-30(26,27)14-5-3-4-12(8-14)9-16-15(19(20,21)22)11-24-18(25-16)13-6-7-17(23-10-13)31(2,28)29/h3-8,10-11H,9H2,1-2H3. The fourth-order valence-corrected chi connectivity index (χ4v) is 3.99. The summed E-state index contributed by atoms with van der Waals surface area (Å²) >= 11 is 0. The van der Waals surface area contributed by atoms with Crippen molar-refractivity contribution in [3.63, 3.8) is 0 Å². The average molecular weight is 471 g/mol. The second-order valence-electron chi connectivity index (χ2n) is 6.81. The minimum atomic E-state index is -4.72. The van der Waals surface area contributed by atoms with E-state index >= 15 is 0 Å². The van der Waals surface area contributed by atoms with E-state index in [1.165, 1.54) is 36.4 Å². The molecule has 7 nitrogen and oxygen atoms in total. The molecule has 31 heavy (non-hydrogen) atoms. The van der Waals surface area contributed by atoms with Crippen molar-refractivity contribution in [2.75, 3.05) is 12.5 Å². The van der Waals surface area contributed by atoms with E-state index in [0.717, 1.165) is 18.7 Å². The summed E-state index contributed by atoms with van der Waals surface area (Å²) in [6.07, 6.45) is -1.23. The number of hydrogen-bond donors (Lipinski definition) is 0. The molecule has 2 aromatic heterocycles. The topological polar surface area (TPSA) is 107 Å². The predicted molar refractivity (Wildman–Crippen MR) is 106 cm³/mol. The Kier molecular flexibility index (Phi) is 5.89. The second-order valence-corrected chi connectivity index (χ2v) is 10.8. The van der Waals surface area contributed by atoms with Crippen LogP contribution in [0.1, 0.15) is 16.8 Å². The molecule has 0 saturated carbocycles. The zero-order valence-electron chi connectivity index (χ0n) is 16.3. The van der Waals surface area contributed by atoms with Crippen LogP contribution in [0, 0.1) is 0 Å². The van der Waals surface area contributed by atoms with Gasteiger partial charge in [-0.25, -0.2) is 31.8 Å². The maximum absolute atomic E-state index is 13.5. The number of benzene rings is 1. The summed E-state index contributed by atoms with van der Waals surface area (Å²) in [5, 5.41) is -0.194. The fourth-order valence-electron chi connectivity index (χ4n) is 2.74. The van der Waals surface area contributed by atoms with Crippen LogP contribution in [0.25, 0.3) is 11.4 Å². The Balaban J connectivity index is 2.06. The molecule has 12 heteroatoms. The molecule has 0 amide bonds. The van der Waals surface area contributed by atoms with Crippen molar-refractivity contribution in [3.05, 3.63) is 65.6 Å². The first kappa shape index (κ1) is 22.8. The van der Waals surface area contributed by atoms with Gasteiger partial charge >= 0.3 is 6.18 Å². The molecule has 0 atom stereocenters. The zero-order chi connectivity index (χ0) is 23.0. The number of aromatic nitrogens is 3. The molecule has 2 heterocycles. The van der Waals surface area contributed by atoms with Crippen LogP contribution in [-0.2, 0) is 32.3 Å². The molecule has 0 aliphatic heterocycles. The molecule has 0 aliphatic carbocycles. The van der Waals surface area contributed by atoms with E-state index in [1.807, 2.05) is 0 Å². The van der Waals surface area contributed by atoms with E-state index in [-0.39, 0.29) is 33.4 Å². The molecule has 0 saturated heterocycles. The van der Waals surface area contributed by atoms with Gasteiger partial charge in [-0.3, -0.25) is 0 Å². The number of pyridine rings is 1. The molecule has 0 fully saturated rings. The van der Waals surface area contributed by atoms with Crippen LogP contribution in [0.3, 0.4) is 0 Å². The van der Waals surface area contributed by atoms with Gasteiger partial charge in [-0.05, 0) is 29.8 Å². The van der Waals surface area contributed by atoms with Crippen molar-refractivity contribution in [3.8, 4) is 11.4 Å². The lowest BCUT2D eigenvalue weighted by molar-refractivity contribution is -0.138. The summed E-state index contributed by atoms with van der Waals surface area (Å²) in [5.41, 5.74) is -0.854. The van der Waals surface area contributed by atoms with Crippen molar-refractivity contribution in [1.82, 2.24) is 15.0 Å².